The molecule has 1 rings (SSSR count). The van der Waals surface area contributed by atoms with Gasteiger partial charge in [-0.3, -0.25) is 0 Å². The Labute approximate surface area is 84.9 Å². The first-order chi connectivity index (χ1) is 4.20. The minimum absolute atomic E-state index is 0. The zero-order valence-corrected chi connectivity index (χ0v) is 8.68. The van der Waals surface area contributed by atoms with E-state index in [-0.39, 0.29) is 31.0 Å². The van der Waals surface area contributed by atoms with Crippen LogP contribution in [0, 0.1) is 13.8 Å². The summed E-state index contributed by atoms with van der Waals surface area (Å²) in [6.45, 7) is 3.84. The molecule has 0 amide bonds. The van der Waals surface area contributed by atoms with E-state index in [1.165, 1.54) is 0 Å². The van der Waals surface area contributed by atoms with Crippen molar-refractivity contribution in [3.63, 3.8) is 0 Å². The molecule has 0 heterocycles. The summed E-state index contributed by atoms with van der Waals surface area (Å²) in [5, 5.41) is 9.10. The molecule has 0 aliphatic carbocycles. The van der Waals surface area contributed by atoms with Gasteiger partial charge in [0.1, 0.15) is 5.75 Å². The first kappa shape index (κ1) is 10.0. The molecule has 50 valence electrons. The second-order valence-electron chi connectivity index (χ2n) is 2.29. The fraction of sp³-hybridized carbons (Fsp3) is 0.250. The molecule has 0 fully saturated rings. The maximum absolute atomic E-state index is 9.10. The number of hydrogen-bond acceptors (Lipinski definition) is 1. The van der Waals surface area contributed by atoms with E-state index in [0.29, 0.717) is 5.75 Å². The topological polar surface area (TPSA) is 20.2 Å². The van der Waals surface area contributed by atoms with E-state index in [2.05, 4.69) is 0 Å². The van der Waals surface area contributed by atoms with Crippen LogP contribution in [0.15, 0.2) is 18.2 Å². The second-order valence-corrected chi connectivity index (χ2v) is 2.29. The fourth-order valence-corrected chi connectivity index (χ4v) is 0.719. The Morgan fingerprint density at radius 3 is 2.30 bits per heavy atom. The Balaban J connectivity index is 0. The maximum Gasteiger partial charge on any atom is 1.00 e. The quantitative estimate of drug-likeness (QED) is 0.471. The zero-order chi connectivity index (χ0) is 6.85. The van der Waals surface area contributed by atoms with Crippen molar-refractivity contribution in [1.82, 2.24) is 0 Å². The minimum Gasteiger partial charge on any atom is -1.00 e. The molecule has 0 saturated heterocycles. The van der Waals surface area contributed by atoms with Crippen LogP contribution in [-0.2, 0) is 0 Å². The molecular weight excluding hydrogens is 135 g/mol. The van der Waals surface area contributed by atoms with Crippen molar-refractivity contribution in [2.45, 2.75) is 13.8 Å². The van der Waals surface area contributed by atoms with E-state index in [4.69, 9.17) is 5.11 Å². The number of phenolic OH excluding ortho intramolecular Hbond substituents is 1. The maximum atomic E-state index is 9.10. The van der Waals surface area contributed by atoms with Gasteiger partial charge in [0.05, 0.1) is 0 Å². The number of aryl methyl sites for hydroxylation is 2. The van der Waals surface area contributed by atoms with E-state index in [9.17, 15) is 0 Å². The Morgan fingerprint density at radius 2 is 1.90 bits per heavy atom. The summed E-state index contributed by atoms with van der Waals surface area (Å²) in [6, 6.07) is 5.65. The number of phenols is 1. The molecule has 1 N–H and O–H groups in total. The molecule has 1 nitrogen and oxygen atoms in total. The Kier molecular flexibility index (Phi) is 4.02. The van der Waals surface area contributed by atoms with Crippen LogP contribution in [0.2, 0.25) is 0 Å². The zero-order valence-electron chi connectivity index (χ0n) is 7.68. The Bertz CT molecular complexity index is 225. The fourth-order valence-electron chi connectivity index (χ4n) is 0.719. The van der Waals surface area contributed by atoms with Gasteiger partial charge in [-0.25, -0.2) is 0 Å². The van der Waals surface area contributed by atoms with Crippen LogP contribution in [0.25, 0.3) is 0 Å². The Hall–Kier alpha value is 0.0200. The van der Waals surface area contributed by atoms with Gasteiger partial charge in [0.15, 0.2) is 0 Å². The number of hydrogen-bond donors (Lipinski definition) is 1. The first-order valence-electron chi connectivity index (χ1n) is 2.96. The third-order valence-electron chi connectivity index (χ3n) is 1.36. The van der Waals surface area contributed by atoms with Gasteiger partial charge < -0.3 is 6.53 Å². The van der Waals surface area contributed by atoms with Gasteiger partial charge in [-0.2, -0.15) is 0 Å². The van der Waals surface area contributed by atoms with Crippen molar-refractivity contribution < 1.29 is 36.1 Å². The standard InChI is InChI=1S/C8H10O.Na.H/c1-6-3-4-7(2)8(9)5-6;;/h3-5,9H,1-2H3;;/q;+1;-1. The van der Waals surface area contributed by atoms with Crippen LogP contribution in [0.3, 0.4) is 0 Å². The molecule has 0 aromatic heterocycles. The molecule has 10 heavy (non-hydrogen) atoms. The van der Waals surface area contributed by atoms with E-state index in [0.717, 1.165) is 11.1 Å². The third kappa shape index (κ3) is 2.33. The minimum atomic E-state index is 0. The number of rotatable bonds is 0. The molecule has 0 unspecified atom stereocenters. The van der Waals surface area contributed by atoms with Gasteiger partial charge >= 0.3 is 29.6 Å². The van der Waals surface area contributed by atoms with Crippen molar-refractivity contribution in [2.75, 3.05) is 0 Å². The third-order valence-corrected chi connectivity index (χ3v) is 1.36. The Morgan fingerprint density at radius 1 is 1.30 bits per heavy atom. The van der Waals surface area contributed by atoms with E-state index in [1.807, 2.05) is 26.0 Å². The summed E-state index contributed by atoms with van der Waals surface area (Å²) < 4.78 is 0. The summed E-state index contributed by atoms with van der Waals surface area (Å²) in [4.78, 5) is 0. The first-order valence-corrected chi connectivity index (χ1v) is 2.96. The van der Waals surface area contributed by atoms with Crippen LogP contribution in [0.1, 0.15) is 12.6 Å². The van der Waals surface area contributed by atoms with Gasteiger partial charge in [-0.15, -0.1) is 0 Å². The van der Waals surface area contributed by atoms with Gasteiger partial charge in [0.25, 0.3) is 0 Å². The second kappa shape index (κ2) is 4.02. The average molecular weight is 146 g/mol. The number of aromatic hydroxyl groups is 1. The van der Waals surface area contributed by atoms with Crippen molar-refractivity contribution >= 4 is 0 Å². The van der Waals surface area contributed by atoms with E-state index in [1.54, 1.807) is 6.07 Å². The van der Waals surface area contributed by atoms with Crippen LogP contribution >= 0.6 is 0 Å². The van der Waals surface area contributed by atoms with Crippen molar-refractivity contribution in [1.29, 1.82) is 0 Å². The molecule has 0 spiro atoms. The van der Waals surface area contributed by atoms with E-state index >= 15 is 0 Å². The monoisotopic (exact) mass is 146 g/mol. The average Bonchev–Trinajstić information content (AvgIpc) is 1.80. The summed E-state index contributed by atoms with van der Waals surface area (Å²) >= 11 is 0. The summed E-state index contributed by atoms with van der Waals surface area (Å²) in [7, 11) is 0. The van der Waals surface area contributed by atoms with Crippen LogP contribution in [-0.4, -0.2) is 5.11 Å². The van der Waals surface area contributed by atoms with Gasteiger partial charge in [0, 0.05) is 0 Å². The van der Waals surface area contributed by atoms with Crippen LogP contribution < -0.4 is 29.6 Å². The molecule has 0 atom stereocenters. The normalized spacial score (nSPS) is 8.60. The smallest absolute Gasteiger partial charge is 1.00 e. The molecule has 0 aliphatic rings. The molecule has 0 bridgehead atoms. The molecular formula is C8H11NaO. The molecule has 1 aromatic rings. The molecule has 2 heteroatoms. The summed E-state index contributed by atoms with van der Waals surface area (Å²) in [5.74, 6) is 0.384. The SMILES string of the molecule is Cc1ccc(C)c(O)c1.[H-].[Na+]. The van der Waals surface area contributed by atoms with Gasteiger partial charge in [0.2, 0.25) is 0 Å². The molecule has 0 saturated carbocycles. The predicted molar refractivity (Wildman–Crippen MR) is 38.7 cm³/mol. The predicted octanol–water partition coefficient (Wildman–Crippen LogP) is -0.874. The van der Waals surface area contributed by atoms with Crippen LogP contribution in [0.4, 0.5) is 0 Å². The van der Waals surface area contributed by atoms with E-state index < -0.39 is 0 Å². The molecule has 0 radical (unpaired) electrons. The van der Waals surface area contributed by atoms with Crippen molar-refractivity contribution in [2.24, 2.45) is 0 Å². The van der Waals surface area contributed by atoms with Crippen molar-refractivity contribution in [3.05, 3.63) is 29.3 Å². The van der Waals surface area contributed by atoms with Crippen molar-refractivity contribution in [3.8, 4) is 5.75 Å². The summed E-state index contributed by atoms with van der Waals surface area (Å²) in [6.07, 6.45) is 0. The van der Waals surface area contributed by atoms with Crippen LogP contribution in [0.5, 0.6) is 5.75 Å². The molecule has 0 aliphatic heterocycles. The van der Waals surface area contributed by atoms with Gasteiger partial charge in [-0.05, 0) is 31.0 Å². The molecule has 1 aromatic carbocycles. The largest absolute Gasteiger partial charge is 1.00 e. The van der Waals surface area contributed by atoms with Gasteiger partial charge in [-0.1, -0.05) is 12.1 Å². The number of benzene rings is 1. The summed E-state index contributed by atoms with van der Waals surface area (Å²) in [5.41, 5.74) is 2.03.